The highest BCUT2D eigenvalue weighted by molar-refractivity contribution is 6.30. The minimum absolute atomic E-state index is 0.358. The maximum atomic E-state index is 9.20. The van der Waals surface area contributed by atoms with Crippen molar-refractivity contribution < 1.29 is 10.2 Å². The highest BCUT2D eigenvalue weighted by Crippen LogP contribution is 2.18. The Morgan fingerprint density at radius 3 is 2.36 bits per heavy atom. The Balaban J connectivity index is 0.000000791. The van der Waals surface area contributed by atoms with Crippen LogP contribution in [0.25, 0.3) is 0 Å². The van der Waals surface area contributed by atoms with E-state index in [9.17, 15) is 5.11 Å². The standard InChI is InChI=1S/C9H12ClNO.CH4O/c1-6(12)9(11)7-3-2-4-8(10)5-7;1-2/h2-6,9,12H,11H2,1H3;2H,1H3. The van der Waals surface area contributed by atoms with E-state index < -0.39 is 6.10 Å². The Kier molecular flexibility index (Phi) is 6.49. The molecule has 0 aliphatic heterocycles. The fraction of sp³-hybridized carbons (Fsp3) is 0.400. The molecule has 14 heavy (non-hydrogen) atoms. The fourth-order valence-corrected chi connectivity index (χ4v) is 1.19. The largest absolute Gasteiger partial charge is 0.400 e. The first kappa shape index (κ1) is 13.4. The zero-order chi connectivity index (χ0) is 11.1. The van der Waals surface area contributed by atoms with Crippen LogP contribution >= 0.6 is 11.6 Å². The second kappa shape index (κ2) is 6.79. The van der Waals surface area contributed by atoms with Crippen molar-refractivity contribution in [2.24, 2.45) is 5.73 Å². The van der Waals surface area contributed by atoms with Crippen molar-refractivity contribution >= 4 is 11.6 Å². The second-order valence-electron chi connectivity index (χ2n) is 2.82. The maximum absolute atomic E-state index is 9.20. The van der Waals surface area contributed by atoms with E-state index in [-0.39, 0.29) is 6.04 Å². The summed E-state index contributed by atoms with van der Waals surface area (Å²) >= 11 is 5.76. The number of rotatable bonds is 2. The summed E-state index contributed by atoms with van der Waals surface area (Å²) in [6, 6.07) is 6.85. The van der Waals surface area contributed by atoms with Crippen molar-refractivity contribution in [1.29, 1.82) is 0 Å². The van der Waals surface area contributed by atoms with Crippen LogP contribution in [0.2, 0.25) is 5.02 Å². The molecule has 2 unspecified atom stereocenters. The summed E-state index contributed by atoms with van der Waals surface area (Å²) in [4.78, 5) is 0. The van der Waals surface area contributed by atoms with Crippen LogP contribution in [0.4, 0.5) is 0 Å². The predicted octanol–water partition coefficient (Wildman–Crippen LogP) is 1.33. The van der Waals surface area contributed by atoms with Gasteiger partial charge in [-0.1, -0.05) is 23.7 Å². The highest BCUT2D eigenvalue weighted by Gasteiger charge is 2.11. The molecule has 0 heterocycles. The Labute approximate surface area is 89.1 Å². The molecule has 0 fully saturated rings. The van der Waals surface area contributed by atoms with E-state index >= 15 is 0 Å². The third kappa shape index (κ3) is 4.07. The van der Waals surface area contributed by atoms with Gasteiger partial charge in [0.25, 0.3) is 0 Å². The predicted molar refractivity (Wildman–Crippen MR) is 58.2 cm³/mol. The monoisotopic (exact) mass is 217 g/mol. The van der Waals surface area contributed by atoms with Crippen LogP contribution in [-0.4, -0.2) is 23.4 Å². The zero-order valence-corrected chi connectivity index (χ0v) is 9.07. The molecule has 0 amide bonds. The lowest BCUT2D eigenvalue weighted by Gasteiger charge is -2.14. The molecule has 0 aliphatic carbocycles. The molecule has 3 nitrogen and oxygen atoms in total. The smallest absolute Gasteiger partial charge is 0.0704 e. The van der Waals surface area contributed by atoms with Gasteiger partial charge in [-0.15, -0.1) is 0 Å². The van der Waals surface area contributed by atoms with Gasteiger partial charge in [-0.3, -0.25) is 0 Å². The molecule has 4 N–H and O–H groups in total. The number of nitrogens with two attached hydrogens (primary N) is 1. The van der Waals surface area contributed by atoms with E-state index in [1.165, 1.54) is 0 Å². The van der Waals surface area contributed by atoms with Gasteiger partial charge in [0.15, 0.2) is 0 Å². The van der Waals surface area contributed by atoms with Crippen LogP contribution in [0, 0.1) is 0 Å². The fourth-order valence-electron chi connectivity index (χ4n) is 0.992. The van der Waals surface area contributed by atoms with Gasteiger partial charge < -0.3 is 15.9 Å². The summed E-state index contributed by atoms with van der Waals surface area (Å²) in [6.45, 7) is 1.66. The molecule has 0 aromatic heterocycles. The summed E-state index contributed by atoms with van der Waals surface area (Å²) in [5, 5.41) is 16.8. The van der Waals surface area contributed by atoms with Gasteiger partial charge in [0, 0.05) is 12.1 Å². The lowest BCUT2D eigenvalue weighted by Crippen LogP contribution is -2.22. The number of hydrogen-bond acceptors (Lipinski definition) is 3. The van der Waals surface area contributed by atoms with E-state index in [4.69, 9.17) is 22.4 Å². The Hall–Kier alpha value is -0.610. The van der Waals surface area contributed by atoms with Gasteiger partial charge in [-0.25, -0.2) is 0 Å². The molecule has 0 saturated heterocycles. The molecule has 0 aliphatic rings. The van der Waals surface area contributed by atoms with Gasteiger partial charge in [0.1, 0.15) is 0 Å². The average molecular weight is 218 g/mol. The molecule has 0 radical (unpaired) electrons. The van der Waals surface area contributed by atoms with E-state index in [1.54, 1.807) is 19.1 Å². The third-order valence-electron chi connectivity index (χ3n) is 1.75. The molecule has 0 bridgehead atoms. The van der Waals surface area contributed by atoms with E-state index in [0.29, 0.717) is 5.02 Å². The molecule has 1 rings (SSSR count). The van der Waals surface area contributed by atoms with Gasteiger partial charge >= 0.3 is 0 Å². The summed E-state index contributed by atoms with van der Waals surface area (Å²) in [5.41, 5.74) is 6.56. The summed E-state index contributed by atoms with van der Waals surface area (Å²) < 4.78 is 0. The lowest BCUT2D eigenvalue weighted by molar-refractivity contribution is 0.164. The SMILES string of the molecule is CC(O)C(N)c1cccc(Cl)c1.CO. The van der Waals surface area contributed by atoms with E-state index in [1.807, 2.05) is 12.1 Å². The van der Waals surface area contributed by atoms with E-state index in [2.05, 4.69) is 0 Å². The van der Waals surface area contributed by atoms with Crippen LogP contribution in [0.5, 0.6) is 0 Å². The molecule has 2 atom stereocenters. The highest BCUT2D eigenvalue weighted by atomic mass is 35.5. The molecule has 4 heteroatoms. The molecule has 80 valence electrons. The third-order valence-corrected chi connectivity index (χ3v) is 1.99. The summed E-state index contributed by atoms with van der Waals surface area (Å²) in [5.74, 6) is 0. The first-order valence-electron chi connectivity index (χ1n) is 4.25. The van der Waals surface area contributed by atoms with Crippen LogP contribution < -0.4 is 5.73 Å². The first-order chi connectivity index (χ1) is 6.61. The summed E-state index contributed by atoms with van der Waals surface area (Å²) in [6.07, 6.45) is -0.552. The molecule has 0 saturated carbocycles. The average Bonchev–Trinajstić information content (AvgIpc) is 2.19. The van der Waals surface area contributed by atoms with Gasteiger partial charge in [-0.05, 0) is 24.6 Å². The minimum atomic E-state index is -0.552. The normalized spacial score (nSPS) is 13.9. The lowest BCUT2D eigenvalue weighted by atomic mass is 10.0. The van der Waals surface area contributed by atoms with E-state index in [0.717, 1.165) is 12.7 Å². The quantitative estimate of drug-likeness (QED) is 0.700. The van der Waals surface area contributed by atoms with Gasteiger partial charge in [0.05, 0.1) is 12.1 Å². The Morgan fingerprint density at radius 1 is 1.36 bits per heavy atom. The molecule has 0 spiro atoms. The number of hydrogen-bond donors (Lipinski definition) is 3. The van der Waals surface area contributed by atoms with Crippen LogP contribution in [-0.2, 0) is 0 Å². The minimum Gasteiger partial charge on any atom is -0.400 e. The number of aliphatic hydroxyl groups excluding tert-OH is 2. The van der Waals surface area contributed by atoms with Gasteiger partial charge in [-0.2, -0.15) is 0 Å². The maximum Gasteiger partial charge on any atom is 0.0704 e. The zero-order valence-electron chi connectivity index (χ0n) is 8.31. The Morgan fingerprint density at radius 2 is 1.93 bits per heavy atom. The number of aliphatic hydroxyl groups is 2. The van der Waals surface area contributed by atoms with Crippen LogP contribution in [0.15, 0.2) is 24.3 Å². The topological polar surface area (TPSA) is 66.5 Å². The number of halogens is 1. The first-order valence-corrected chi connectivity index (χ1v) is 4.63. The van der Waals surface area contributed by atoms with Crippen molar-refractivity contribution in [2.75, 3.05) is 7.11 Å². The van der Waals surface area contributed by atoms with Crippen molar-refractivity contribution in [1.82, 2.24) is 0 Å². The van der Waals surface area contributed by atoms with Crippen LogP contribution in [0.3, 0.4) is 0 Å². The Bertz CT molecular complexity index is 266. The van der Waals surface area contributed by atoms with Crippen molar-refractivity contribution in [3.63, 3.8) is 0 Å². The summed E-state index contributed by atoms with van der Waals surface area (Å²) in [7, 11) is 1.00. The molecule has 1 aromatic rings. The molecular formula is C10H16ClNO2. The van der Waals surface area contributed by atoms with Crippen LogP contribution in [0.1, 0.15) is 18.5 Å². The molecular weight excluding hydrogens is 202 g/mol. The molecule has 1 aromatic carbocycles. The van der Waals surface area contributed by atoms with Crippen molar-refractivity contribution in [3.8, 4) is 0 Å². The second-order valence-corrected chi connectivity index (χ2v) is 3.26. The van der Waals surface area contributed by atoms with Crippen molar-refractivity contribution in [2.45, 2.75) is 19.1 Å². The van der Waals surface area contributed by atoms with Crippen molar-refractivity contribution in [3.05, 3.63) is 34.9 Å². The number of benzene rings is 1. The van der Waals surface area contributed by atoms with Gasteiger partial charge in [0.2, 0.25) is 0 Å².